The van der Waals surface area contributed by atoms with Crippen LogP contribution in [0.15, 0.2) is 12.1 Å². The molecular formula is C12H17N3O2. The molecule has 1 saturated heterocycles. The van der Waals surface area contributed by atoms with Crippen LogP contribution in [0, 0.1) is 6.92 Å². The summed E-state index contributed by atoms with van der Waals surface area (Å²) in [5.74, 6) is 0.557. The number of nitrogens with one attached hydrogen (secondary N) is 1. The van der Waals surface area contributed by atoms with E-state index in [-0.39, 0.29) is 6.03 Å². The van der Waals surface area contributed by atoms with Crippen molar-refractivity contribution in [3.05, 3.63) is 17.8 Å². The summed E-state index contributed by atoms with van der Waals surface area (Å²) in [7, 11) is 1.57. The molecule has 1 N–H and O–H groups in total. The Balaban J connectivity index is 2.05. The molecule has 1 aromatic heterocycles. The zero-order valence-corrected chi connectivity index (χ0v) is 10.2. The number of hydrogen-bond acceptors (Lipinski definition) is 3. The van der Waals surface area contributed by atoms with Gasteiger partial charge in [-0.15, -0.1) is 0 Å². The van der Waals surface area contributed by atoms with E-state index in [1.54, 1.807) is 13.2 Å². The summed E-state index contributed by atoms with van der Waals surface area (Å²) in [5.41, 5.74) is 1.50. The van der Waals surface area contributed by atoms with E-state index in [9.17, 15) is 4.79 Å². The first-order chi connectivity index (χ1) is 8.20. The minimum absolute atomic E-state index is 0.0439. The summed E-state index contributed by atoms with van der Waals surface area (Å²) in [4.78, 5) is 17.9. The van der Waals surface area contributed by atoms with Crippen LogP contribution in [-0.4, -0.2) is 36.1 Å². The topological polar surface area (TPSA) is 54.5 Å². The van der Waals surface area contributed by atoms with Gasteiger partial charge in [-0.3, -0.25) is 0 Å². The van der Waals surface area contributed by atoms with Crippen LogP contribution in [0.2, 0.25) is 0 Å². The Morgan fingerprint density at radius 2 is 2.12 bits per heavy atom. The molecule has 0 aliphatic carbocycles. The number of hydrogen-bond donors (Lipinski definition) is 1. The summed E-state index contributed by atoms with van der Waals surface area (Å²) in [5, 5.41) is 2.87. The highest BCUT2D eigenvalue weighted by Gasteiger charge is 2.18. The number of pyridine rings is 1. The van der Waals surface area contributed by atoms with Gasteiger partial charge in [0.2, 0.25) is 5.88 Å². The third-order valence-electron chi connectivity index (χ3n) is 2.90. The molecule has 0 unspecified atom stereocenters. The molecule has 1 fully saturated rings. The largest absolute Gasteiger partial charge is 0.481 e. The summed E-state index contributed by atoms with van der Waals surface area (Å²) >= 11 is 0. The number of anilines is 1. The molecule has 1 aliphatic heterocycles. The van der Waals surface area contributed by atoms with E-state index >= 15 is 0 Å². The first-order valence-corrected chi connectivity index (χ1v) is 5.78. The van der Waals surface area contributed by atoms with Gasteiger partial charge < -0.3 is 15.0 Å². The zero-order chi connectivity index (χ0) is 12.3. The molecule has 0 saturated carbocycles. The van der Waals surface area contributed by atoms with Crippen LogP contribution in [0.4, 0.5) is 10.5 Å². The number of amides is 2. The Morgan fingerprint density at radius 3 is 2.71 bits per heavy atom. The van der Waals surface area contributed by atoms with Crippen LogP contribution >= 0.6 is 0 Å². The van der Waals surface area contributed by atoms with Crippen LogP contribution in [0.5, 0.6) is 5.88 Å². The van der Waals surface area contributed by atoms with Crippen molar-refractivity contribution in [2.24, 2.45) is 0 Å². The molecule has 0 spiro atoms. The zero-order valence-electron chi connectivity index (χ0n) is 10.2. The Labute approximate surface area is 101 Å². The van der Waals surface area contributed by atoms with Crippen molar-refractivity contribution in [2.75, 3.05) is 25.5 Å². The van der Waals surface area contributed by atoms with E-state index in [4.69, 9.17) is 4.74 Å². The number of carbonyl (C=O) groups excluding carboxylic acids is 1. The van der Waals surface area contributed by atoms with Crippen molar-refractivity contribution in [1.82, 2.24) is 9.88 Å². The lowest BCUT2D eigenvalue weighted by Crippen LogP contribution is -2.32. The fourth-order valence-corrected chi connectivity index (χ4v) is 1.90. The number of carbonyl (C=O) groups is 1. The summed E-state index contributed by atoms with van der Waals surface area (Å²) in [6.07, 6.45) is 2.18. The van der Waals surface area contributed by atoms with Crippen LogP contribution in [0.25, 0.3) is 0 Å². The van der Waals surface area contributed by atoms with E-state index in [0.29, 0.717) is 5.88 Å². The predicted molar refractivity (Wildman–Crippen MR) is 65.4 cm³/mol. The average molecular weight is 235 g/mol. The summed E-state index contributed by atoms with van der Waals surface area (Å²) in [6, 6.07) is 3.51. The molecule has 0 atom stereocenters. The second kappa shape index (κ2) is 5.03. The van der Waals surface area contributed by atoms with Gasteiger partial charge in [-0.2, -0.15) is 0 Å². The number of methoxy groups -OCH3 is 1. The van der Waals surface area contributed by atoms with Crippen molar-refractivity contribution < 1.29 is 9.53 Å². The quantitative estimate of drug-likeness (QED) is 0.853. The van der Waals surface area contributed by atoms with Crippen molar-refractivity contribution >= 4 is 11.7 Å². The lowest BCUT2D eigenvalue weighted by molar-refractivity contribution is 0.222. The smallest absolute Gasteiger partial charge is 0.321 e. The third-order valence-corrected chi connectivity index (χ3v) is 2.90. The van der Waals surface area contributed by atoms with Crippen molar-refractivity contribution in [3.63, 3.8) is 0 Å². The summed E-state index contributed by atoms with van der Waals surface area (Å²) in [6.45, 7) is 3.53. The van der Waals surface area contributed by atoms with Gasteiger partial charge in [0.05, 0.1) is 18.5 Å². The highest BCUT2D eigenvalue weighted by Crippen LogP contribution is 2.18. The van der Waals surface area contributed by atoms with E-state index < -0.39 is 0 Å². The highest BCUT2D eigenvalue weighted by molar-refractivity contribution is 5.90. The monoisotopic (exact) mass is 235 g/mol. The van der Waals surface area contributed by atoms with Crippen molar-refractivity contribution in [1.29, 1.82) is 0 Å². The standard InChI is InChI=1S/C12H17N3O2/c1-9-10(5-6-11(13-9)17-2)14-12(16)15-7-3-4-8-15/h5-6H,3-4,7-8H2,1-2H3,(H,14,16). The van der Waals surface area contributed by atoms with Gasteiger partial charge in [0.1, 0.15) is 0 Å². The maximum Gasteiger partial charge on any atom is 0.321 e. The molecule has 5 nitrogen and oxygen atoms in total. The normalized spacial score (nSPS) is 14.8. The number of aromatic nitrogens is 1. The number of nitrogens with zero attached hydrogens (tertiary/aromatic N) is 2. The molecule has 1 aliphatic rings. The van der Waals surface area contributed by atoms with E-state index in [2.05, 4.69) is 10.3 Å². The second-order valence-corrected chi connectivity index (χ2v) is 4.11. The predicted octanol–water partition coefficient (Wildman–Crippen LogP) is 2.03. The molecule has 2 amide bonds. The lowest BCUT2D eigenvalue weighted by atomic mass is 10.3. The molecule has 0 bridgehead atoms. The highest BCUT2D eigenvalue weighted by atomic mass is 16.5. The Kier molecular flexibility index (Phi) is 3.46. The van der Waals surface area contributed by atoms with Gasteiger partial charge in [-0.05, 0) is 25.8 Å². The van der Waals surface area contributed by atoms with Gasteiger partial charge in [0.25, 0.3) is 0 Å². The van der Waals surface area contributed by atoms with Crippen LogP contribution in [-0.2, 0) is 0 Å². The third kappa shape index (κ3) is 2.67. The molecular weight excluding hydrogens is 218 g/mol. The van der Waals surface area contributed by atoms with Gasteiger partial charge in [0.15, 0.2) is 0 Å². The van der Waals surface area contributed by atoms with E-state index in [1.807, 2.05) is 17.9 Å². The van der Waals surface area contributed by atoms with Gasteiger partial charge in [-0.1, -0.05) is 0 Å². The molecule has 0 aromatic carbocycles. The Hall–Kier alpha value is -1.78. The Morgan fingerprint density at radius 1 is 1.41 bits per heavy atom. The SMILES string of the molecule is COc1ccc(NC(=O)N2CCCC2)c(C)n1. The molecule has 5 heteroatoms. The van der Waals surface area contributed by atoms with Crippen LogP contribution < -0.4 is 10.1 Å². The lowest BCUT2D eigenvalue weighted by Gasteiger charge is -2.17. The maximum atomic E-state index is 11.9. The molecule has 1 aromatic rings. The number of likely N-dealkylation sites (tertiary alicyclic amines) is 1. The minimum Gasteiger partial charge on any atom is -0.481 e. The maximum absolute atomic E-state index is 11.9. The molecule has 0 radical (unpaired) electrons. The van der Waals surface area contributed by atoms with Crippen molar-refractivity contribution in [3.8, 4) is 5.88 Å². The molecule has 2 heterocycles. The second-order valence-electron chi connectivity index (χ2n) is 4.11. The van der Waals surface area contributed by atoms with Crippen LogP contribution in [0.3, 0.4) is 0 Å². The Bertz CT molecular complexity index is 414. The first kappa shape index (κ1) is 11.7. The number of urea groups is 1. The van der Waals surface area contributed by atoms with Gasteiger partial charge in [-0.25, -0.2) is 9.78 Å². The average Bonchev–Trinajstić information content (AvgIpc) is 2.85. The molecule has 2 rings (SSSR count). The van der Waals surface area contributed by atoms with Crippen LogP contribution in [0.1, 0.15) is 18.5 Å². The fourth-order valence-electron chi connectivity index (χ4n) is 1.90. The number of aryl methyl sites for hydroxylation is 1. The fraction of sp³-hybridized carbons (Fsp3) is 0.500. The van der Waals surface area contributed by atoms with E-state index in [0.717, 1.165) is 37.3 Å². The number of ether oxygens (including phenoxy) is 1. The van der Waals surface area contributed by atoms with Gasteiger partial charge in [0, 0.05) is 19.2 Å². The van der Waals surface area contributed by atoms with Gasteiger partial charge >= 0.3 is 6.03 Å². The number of rotatable bonds is 2. The molecule has 92 valence electrons. The molecule has 17 heavy (non-hydrogen) atoms. The minimum atomic E-state index is -0.0439. The van der Waals surface area contributed by atoms with E-state index in [1.165, 1.54) is 0 Å². The van der Waals surface area contributed by atoms with Crippen molar-refractivity contribution in [2.45, 2.75) is 19.8 Å². The first-order valence-electron chi connectivity index (χ1n) is 5.78. The summed E-state index contributed by atoms with van der Waals surface area (Å²) < 4.78 is 5.02.